The van der Waals surface area contributed by atoms with Crippen molar-refractivity contribution in [1.29, 1.82) is 0 Å². The zero-order valence-electron chi connectivity index (χ0n) is 6.37. The molecule has 0 amide bonds. The molecule has 1 rings (SSSR count). The van der Waals surface area contributed by atoms with Crippen LogP contribution in [0.1, 0.15) is 10.5 Å². The summed E-state index contributed by atoms with van der Waals surface area (Å²) in [7, 11) is 1.61. The van der Waals surface area contributed by atoms with Gasteiger partial charge in [-0.25, -0.2) is 4.98 Å². The maximum atomic E-state index is 10.2. The van der Waals surface area contributed by atoms with Gasteiger partial charge < -0.3 is 20.2 Å². The molecule has 0 fully saturated rings. The van der Waals surface area contributed by atoms with Crippen molar-refractivity contribution in [1.82, 2.24) is 9.55 Å². The van der Waals surface area contributed by atoms with Crippen molar-refractivity contribution in [3.05, 3.63) is 12.0 Å². The van der Waals surface area contributed by atoms with Crippen molar-refractivity contribution in [3.63, 3.8) is 0 Å². The van der Waals surface area contributed by atoms with Crippen LogP contribution < -0.4 is 40.4 Å². The zero-order chi connectivity index (χ0) is 7.72. The van der Waals surface area contributed by atoms with Gasteiger partial charge in [0.25, 0.3) is 0 Å². The van der Waals surface area contributed by atoms with Crippen molar-refractivity contribution in [3.8, 4) is 0 Å². The number of nitrogens with zero attached hydrogens (tertiary/aromatic N) is 2. The molecule has 0 radical (unpaired) electrons. The van der Waals surface area contributed by atoms with E-state index in [0.29, 0.717) is 0 Å². The summed E-state index contributed by atoms with van der Waals surface area (Å²) in [4.78, 5) is 13.7. The second kappa shape index (κ2) is 3.75. The molecule has 0 spiro atoms. The van der Waals surface area contributed by atoms with Gasteiger partial charge in [-0.1, -0.05) is 0 Å². The van der Waals surface area contributed by atoms with Crippen LogP contribution in [0.2, 0.25) is 0 Å². The molecule has 1 aromatic rings. The van der Waals surface area contributed by atoms with Gasteiger partial charge in [-0.3, -0.25) is 0 Å². The fraction of sp³-hybridized carbons (Fsp3) is 0.200. The Kier molecular flexibility index (Phi) is 3.57. The molecule has 1 heterocycles. The van der Waals surface area contributed by atoms with Crippen molar-refractivity contribution < 1.29 is 39.5 Å². The Morgan fingerprint density at radius 2 is 2.36 bits per heavy atom. The molecule has 0 saturated heterocycles. The van der Waals surface area contributed by atoms with E-state index in [1.165, 1.54) is 10.9 Å². The molecular weight excluding hydrogens is 157 g/mol. The van der Waals surface area contributed by atoms with Crippen LogP contribution in [0.5, 0.6) is 0 Å². The number of carboxylic acids is 1. The molecule has 0 aliphatic heterocycles. The first-order valence-corrected chi connectivity index (χ1v) is 2.61. The Bertz CT molecular complexity index is 271. The van der Waals surface area contributed by atoms with Crippen LogP contribution in [0.4, 0.5) is 5.82 Å². The number of anilines is 1. The number of aromatic carboxylic acids is 1. The van der Waals surface area contributed by atoms with E-state index in [2.05, 4.69) is 4.98 Å². The van der Waals surface area contributed by atoms with Gasteiger partial charge in [0.15, 0.2) is 0 Å². The second-order valence-electron chi connectivity index (χ2n) is 1.88. The van der Waals surface area contributed by atoms with Crippen LogP contribution in [0, 0.1) is 0 Å². The molecule has 6 heteroatoms. The van der Waals surface area contributed by atoms with Crippen LogP contribution in [0.25, 0.3) is 0 Å². The fourth-order valence-electron chi connectivity index (χ4n) is 0.597. The first kappa shape index (κ1) is 10.5. The molecule has 54 valence electrons. The van der Waals surface area contributed by atoms with Crippen LogP contribution in [0.15, 0.2) is 6.33 Å². The summed E-state index contributed by atoms with van der Waals surface area (Å²) < 4.78 is 1.41. The number of aryl methyl sites for hydroxylation is 1. The van der Waals surface area contributed by atoms with E-state index < -0.39 is 5.97 Å². The Hall–Kier alpha value is -0.520. The van der Waals surface area contributed by atoms with E-state index in [0.717, 1.165) is 0 Å². The van der Waals surface area contributed by atoms with Gasteiger partial charge in [-0.2, -0.15) is 0 Å². The summed E-state index contributed by atoms with van der Waals surface area (Å²) in [6.45, 7) is 0. The standard InChI is InChI=1S/C5H7N3O2.Na/c1-8-2-7-3(4(8)6)5(9)10;/h2H,6H2,1H3,(H,9,10);/q;+1/p-1. The molecule has 5 nitrogen and oxygen atoms in total. The predicted octanol–water partition coefficient (Wildman–Crippen LogP) is -4.63. The third-order valence-corrected chi connectivity index (χ3v) is 1.18. The largest absolute Gasteiger partial charge is 1.00 e. The number of nitrogen functional groups attached to an aromatic ring is 1. The molecule has 1 aromatic heterocycles. The van der Waals surface area contributed by atoms with Gasteiger partial charge in [0.2, 0.25) is 0 Å². The molecule has 0 unspecified atom stereocenters. The summed E-state index contributed by atoms with van der Waals surface area (Å²) in [6.07, 6.45) is 1.32. The minimum atomic E-state index is -1.35. The van der Waals surface area contributed by atoms with Gasteiger partial charge in [-0.05, 0) is 0 Å². The number of hydrogen-bond acceptors (Lipinski definition) is 4. The van der Waals surface area contributed by atoms with Crippen molar-refractivity contribution >= 4 is 11.8 Å². The number of carbonyl (C=O) groups excluding carboxylic acids is 1. The summed E-state index contributed by atoms with van der Waals surface area (Å²) in [5.41, 5.74) is 5.08. The summed E-state index contributed by atoms with van der Waals surface area (Å²) >= 11 is 0. The summed E-state index contributed by atoms with van der Waals surface area (Å²) in [5, 5.41) is 10.2. The smallest absolute Gasteiger partial charge is 0.543 e. The Morgan fingerprint density at radius 1 is 1.82 bits per heavy atom. The molecule has 0 aromatic carbocycles. The normalized spacial score (nSPS) is 8.82. The minimum Gasteiger partial charge on any atom is -0.543 e. The summed E-state index contributed by atoms with van der Waals surface area (Å²) in [5.74, 6) is -1.24. The van der Waals surface area contributed by atoms with Crippen LogP contribution in [-0.4, -0.2) is 15.5 Å². The molecular formula is C5H6N3NaO2. The Balaban J connectivity index is 0.000001000. The predicted molar refractivity (Wildman–Crippen MR) is 32.0 cm³/mol. The minimum absolute atomic E-state index is 0. The van der Waals surface area contributed by atoms with Gasteiger partial charge in [0.05, 0.1) is 12.3 Å². The number of carbonyl (C=O) groups is 1. The third-order valence-electron chi connectivity index (χ3n) is 1.18. The molecule has 0 aliphatic rings. The van der Waals surface area contributed by atoms with Crippen LogP contribution >= 0.6 is 0 Å². The van der Waals surface area contributed by atoms with Gasteiger partial charge >= 0.3 is 29.6 Å². The van der Waals surface area contributed by atoms with E-state index in [1.54, 1.807) is 7.05 Å². The molecule has 0 saturated carbocycles. The molecule has 0 atom stereocenters. The quantitative estimate of drug-likeness (QED) is 0.422. The Labute approximate surface area is 85.5 Å². The Morgan fingerprint density at radius 3 is 2.55 bits per heavy atom. The second-order valence-corrected chi connectivity index (χ2v) is 1.88. The number of hydrogen-bond donors (Lipinski definition) is 1. The van der Waals surface area contributed by atoms with Gasteiger partial charge in [0.1, 0.15) is 11.5 Å². The number of aromatic nitrogens is 2. The van der Waals surface area contributed by atoms with Crippen LogP contribution in [0.3, 0.4) is 0 Å². The topological polar surface area (TPSA) is 84.0 Å². The van der Waals surface area contributed by atoms with Crippen LogP contribution in [-0.2, 0) is 7.05 Å². The van der Waals surface area contributed by atoms with E-state index in [-0.39, 0.29) is 41.1 Å². The first-order chi connectivity index (χ1) is 4.63. The van der Waals surface area contributed by atoms with Gasteiger partial charge in [-0.15, -0.1) is 0 Å². The zero-order valence-corrected chi connectivity index (χ0v) is 8.37. The molecule has 11 heavy (non-hydrogen) atoms. The van der Waals surface area contributed by atoms with Gasteiger partial charge in [0, 0.05) is 7.05 Å². The van der Waals surface area contributed by atoms with Crippen molar-refractivity contribution in [2.24, 2.45) is 7.05 Å². The summed E-state index contributed by atoms with van der Waals surface area (Å²) in [6, 6.07) is 0. The van der Waals surface area contributed by atoms with E-state index in [9.17, 15) is 9.90 Å². The SMILES string of the molecule is Cn1cnc(C(=O)[O-])c1N.[Na+]. The maximum Gasteiger partial charge on any atom is 1.00 e. The van der Waals surface area contributed by atoms with Crippen molar-refractivity contribution in [2.45, 2.75) is 0 Å². The molecule has 0 aliphatic carbocycles. The number of rotatable bonds is 1. The fourth-order valence-corrected chi connectivity index (χ4v) is 0.597. The first-order valence-electron chi connectivity index (χ1n) is 2.61. The third kappa shape index (κ3) is 1.95. The number of carboxylic acid groups (broad SMARTS) is 1. The van der Waals surface area contributed by atoms with E-state index in [1.807, 2.05) is 0 Å². The molecule has 0 bridgehead atoms. The van der Waals surface area contributed by atoms with E-state index >= 15 is 0 Å². The molecule has 2 N–H and O–H groups in total. The van der Waals surface area contributed by atoms with Crippen molar-refractivity contribution in [2.75, 3.05) is 5.73 Å². The number of nitrogens with two attached hydrogens (primary N) is 1. The average molecular weight is 163 g/mol. The monoisotopic (exact) mass is 163 g/mol. The number of imidazole rings is 1. The van der Waals surface area contributed by atoms with E-state index in [4.69, 9.17) is 5.73 Å². The maximum absolute atomic E-state index is 10.2. The average Bonchev–Trinajstić information content (AvgIpc) is 2.14.